The summed E-state index contributed by atoms with van der Waals surface area (Å²) in [6.07, 6.45) is 6.74. The van der Waals surface area contributed by atoms with E-state index in [4.69, 9.17) is 4.74 Å². The first-order valence-electron chi connectivity index (χ1n) is 9.24. The maximum atomic E-state index is 12.2. The number of hydrogen-bond acceptors (Lipinski definition) is 5. The quantitative estimate of drug-likeness (QED) is 0.672. The maximum absolute atomic E-state index is 12.2. The minimum absolute atomic E-state index is 0.200. The normalized spacial score (nSPS) is 15.5. The number of amides is 1. The topological polar surface area (TPSA) is 81.2 Å². The first-order valence-corrected chi connectivity index (χ1v) is 9.24. The van der Waals surface area contributed by atoms with Crippen LogP contribution in [-0.4, -0.2) is 34.5 Å². The molecule has 1 heterocycles. The van der Waals surface area contributed by atoms with Gasteiger partial charge in [-0.05, 0) is 44.9 Å². The SMILES string of the molecule is Cc1nc2ccc(C(=O)OCC(=O)NC3CCCCCC3)cc2nc1C. The zero-order valence-corrected chi connectivity index (χ0v) is 15.4. The summed E-state index contributed by atoms with van der Waals surface area (Å²) in [7, 11) is 0. The van der Waals surface area contributed by atoms with Gasteiger partial charge < -0.3 is 10.1 Å². The third kappa shape index (κ3) is 4.56. The summed E-state index contributed by atoms with van der Waals surface area (Å²) < 4.78 is 5.17. The molecule has 1 amide bonds. The second kappa shape index (κ2) is 8.25. The number of hydrogen-bond donors (Lipinski definition) is 1. The number of nitrogens with zero attached hydrogens (tertiary/aromatic N) is 2. The molecule has 0 saturated heterocycles. The highest BCUT2D eigenvalue weighted by Gasteiger charge is 2.16. The van der Waals surface area contributed by atoms with Gasteiger partial charge in [-0.3, -0.25) is 4.79 Å². The van der Waals surface area contributed by atoms with Gasteiger partial charge in [0, 0.05) is 6.04 Å². The third-order valence-corrected chi connectivity index (χ3v) is 4.87. The van der Waals surface area contributed by atoms with E-state index in [1.54, 1.807) is 18.2 Å². The van der Waals surface area contributed by atoms with Gasteiger partial charge in [0.15, 0.2) is 6.61 Å². The van der Waals surface area contributed by atoms with Crippen LogP contribution in [0.2, 0.25) is 0 Å². The smallest absolute Gasteiger partial charge is 0.338 e. The number of aryl methyl sites for hydroxylation is 2. The fraction of sp³-hybridized carbons (Fsp3) is 0.500. The Labute approximate surface area is 153 Å². The van der Waals surface area contributed by atoms with Crippen LogP contribution >= 0.6 is 0 Å². The lowest BCUT2D eigenvalue weighted by Crippen LogP contribution is -2.37. The fourth-order valence-electron chi connectivity index (χ4n) is 3.27. The lowest BCUT2D eigenvalue weighted by atomic mass is 10.1. The Bertz CT molecular complexity index is 811. The van der Waals surface area contributed by atoms with E-state index >= 15 is 0 Å². The Hall–Kier alpha value is -2.50. The largest absolute Gasteiger partial charge is 0.452 e. The van der Waals surface area contributed by atoms with Crippen molar-refractivity contribution in [2.75, 3.05) is 6.61 Å². The van der Waals surface area contributed by atoms with Gasteiger partial charge >= 0.3 is 5.97 Å². The molecule has 6 heteroatoms. The molecule has 138 valence electrons. The highest BCUT2D eigenvalue weighted by atomic mass is 16.5. The molecule has 0 atom stereocenters. The van der Waals surface area contributed by atoms with Crippen molar-refractivity contribution in [2.45, 2.75) is 58.4 Å². The predicted molar refractivity (Wildman–Crippen MR) is 98.9 cm³/mol. The molecule has 1 aliphatic carbocycles. The summed E-state index contributed by atoms with van der Waals surface area (Å²) in [5.74, 6) is -0.764. The average molecular weight is 355 g/mol. The van der Waals surface area contributed by atoms with Crippen molar-refractivity contribution in [3.63, 3.8) is 0 Å². The van der Waals surface area contributed by atoms with E-state index in [2.05, 4.69) is 15.3 Å². The van der Waals surface area contributed by atoms with E-state index in [1.807, 2.05) is 13.8 Å². The number of rotatable bonds is 4. The second-order valence-corrected chi connectivity index (χ2v) is 6.93. The molecule has 1 saturated carbocycles. The standard InChI is InChI=1S/C20H25N3O3/c1-13-14(2)22-18-11-15(9-10-17(18)21-13)20(25)26-12-19(24)23-16-7-5-3-4-6-8-16/h9-11,16H,3-8,12H2,1-2H3,(H,23,24). The lowest BCUT2D eigenvalue weighted by Gasteiger charge is -2.16. The van der Waals surface area contributed by atoms with Gasteiger partial charge in [-0.1, -0.05) is 25.7 Å². The van der Waals surface area contributed by atoms with E-state index in [-0.39, 0.29) is 18.6 Å². The molecule has 6 nitrogen and oxygen atoms in total. The average Bonchev–Trinajstić information content (AvgIpc) is 2.89. The van der Waals surface area contributed by atoms with E-state index in [9.17, 15) is 9.59 Å². The Kier molecular flexibility index (Phi) is 5.81. The van der Waals surface area contributed by atoms with Gasteiger partial charge in [-0.2, -0.15) is 0 Å². The summed E-state index contributed by atoms with van der Waals surface area (Å²) >= 11 is 0. The van der Waals surface area contributed by atoms with Crippen molar-refractivity contribution in [3.8, 4) is 0 Å². The van der Waals surface area contributed by atoms with Crippen LogP contribution in [0.5, 0.6) is 0 Å². The number of carbonyl (C=O) groups is 2. The highest BCUT2D eigenvalue weighted by molar-refractivity contribution is 5.94. The van der Waals surface area contributed by atoms with Crippen molar-refractivity contribution >= 4 is 22.9 Å². The lowest BCUT2D eigenvalue weighted by molar-refractivity contribution is -0.125. The molecule has 0 radical (unpaired) electrons. The van der Waals surface area contributed by atoms with Gasteiger partial charge in [-0.25, -0.2) is 14.8 Å². The van der Waals surface area contributed by atoms with Gasteiger partial charge in [0.2, 0.25) is 0 Å². The van der Waals surface area contributed by atoms with Gasteiger partial charge in [0.05, 0.1) is 28.0 Å². The molecule has 0 aliphatic heterocycles. The Morgan fingerprint density at radius 1 is 1.04 bits per heavy atom. The summed E-state index contributed by atoms with van der Waals surface area (Å²) in [5, 5.41) is 2.97. The van der Waals surface area contributed by atoms with Gasteiger partial charge in [0.1, 0.15) is 0 Å². The van der Waals surface area contributed by atoms with Crippen LogP contribution in [0.15, 0.2) is 18.2 Å². The minimum atomic E-state index is -0.525. The zero-order chi connectivity index (χ0) is 18.5. The fourth-order valence-corrected chi connectivity index (χ4v) is 3.27. The number of carbonyl (C=O) groups excluding carboxylic acids is 2. The molecule has 1 aliphatic rings. The molecule has 3 rings (SSSR count). The zero-order valence-electron chi connectivity index (χ0n) is 15.4. The predicted octanol–water partition coefficient (Wildman–Crippen LogP) is 3.24. The number of ether oxygens (including phenoxy) is 1. The van der Waals surface area contributed by atoms with Crippen LogP contribution in [0.3, 0.4) is 0 Å². The molecule has 1 aromatic carbocycles. The Balaban J connectivity index is 1.58. The molecule has 1 N–H and O–H groups in total. The summed E-state index contributed by atoms with van der Waals surface area (Å²) in [5.41, 5.74) is 3.44. The third-order valence-electron chi connectivity index (χ3n) is 4.87. The van der Waals surface area contributed by atoms with Crippen LogP contribution < -0.4 is 5.32 Å². The Morgan fingerprint density at radius 2 is 1.69 bits per heavy atom. The van der Waals surface area contributed by atoms with Crippen LogP contribution in [0.4, 0.5) is 0 Å². The summed E-state index contributed by atoms with van der Waals surface area (Å²) in [6, 6.07) is 5.25. The van der Waals surface area contributed by atoms with Crippen molar-refractivity contribution in [3.05, 3.63) is 35.2 Å². The maximum Gasteiger partial charge on any atom is 0.338 e. The second-order valence-electron chi connectivity index (χ2n) is 6.93. The highest BCUT2D eigenvalue weighted by Crippen LogP contribution is 2.17. The molecule has 0 spiro atoms. The minimum Gasteiger partial charge on any atom is -0.452 e. The monoisotopic (exact) mass is 355 g/mol. The summed E-state index contributed by atoms with van der Waals surface area (Å²) in [4.78, 5) is 33.2. The van der Waals surface area contributed by atoms with Gasteiger partial charge in [0.25, 0.3) is 5.91 Å². The van der Waals surface area contributed by atoms with Crippen molar-refractivity contribution in [1.29, 1.82) is 0 Å². The first-order chi connectivity index (χ1) is 12.5. The molecular formula is C20H25N3O3. The first kappa shape index (κ1) is 18.3. The van der Waals surface area contributed by atoms with Crippen molar-refractivity contribution in [2.24, 2.45) is 0 Å². The molecular weight excluding hydrogens is 330 g/mol. The Morgan fingerprint density at radius 3 is 2.38 bits per heavy atom. The number of nitrogens with one attached hydrogen (secondary N) is 1. The van der Waals surface area contributed by atoms with E-state index in [1.165, 1.54) is 12.8 Å². The van der Waals surface area contributed by atoms with E-state index in [0.29, 0.717) is 11.1 Å². The van der Waals surface area contributed by atoms with Crippen molar-refractivity contribution < 1.29 is 14.3 Å². The van der Waals surface area contributed by atoms with Crippen LogP contribution in [0.25, 0.3) is 11.0 Å². The number of benzene rings is 1. The molecule has 2 aromatic rings. The van der Waals surface area contributed by atoms with E-state index in [0.717, 1.165) is 42.6 Å². The van der Waals surface area contributed by atoms with Gasteiger partial charge in [-0.15, -0.1) is 0 Å². The molecule has 1 fully saturated rings. The van der Waals surface area contributed by atoms with Crippen molar-refractivity contribution in [1.82, 2.24) is 15.3 Å². The molecule has 0 unspecified atom stereocenters. The van der Waals surface area contributed by atoms with E-state index < -0.39 is 5.97 Å². The number of aromatic nitrogens is 2. The summed E-state index contributed by atoms with van der Waals surface area (Å²) in [6.45, 7) is 3.52. The molecule has 0 bridgehead atoms. The number of esters is 1. The molecule has 1 aromatic heterocycles. The van der Waals surface area contributed by atoms with Crippen LogP contribution in [0.1, 0.15) is 60.3 Å². The van der Waals surface area contributed by atoms with Crippen LogP contribution in [0, 0.1) is 13.8 Å². The molecule has 26 heavy (non-hydrogen) atoms. The van der Waals surface area contributed by atoms with Crippen LogP contribution in [-0.2, 0) is 9.53 Å². The number of fused-ring (bicyclic) bond motifs is 1.